The van der Waals surface area contributed by atoms with Gasteiger partial charge in [0.2, 0.25) is 5.91 Å². The zero-order valence-corrected chi connectivity index (χ0v) is 9.65. The van der Waals surface area contributed by atoms with Crippen LogP contribution in [0, 0.1) is 5.92 Å². The van der Waals surface area contributed by atoms with Gasteiger partial charge in [0.15, 0.2) is 0 Å². The van der Waals surface area contributed by atoms with Gasteiger partial charge in [0.25, 0.3) is 0 Å². The molecule has 3 fully saturated rings. The molecule has 0 aromatic rings. The first kappa shape index (κ1) is 10.5. The van der Waals surface area contributed by atoms with Crippen molar-refractivity contribution in [3.05, 3.63) is 0 Å². The summed E-state index contributed by atoms with van der Waals surface area (Å²) in [6.45, 7) is 3.75. The van der Waals surface area contributed by atoms with E-state index in [9.17, 15) is 4.79 Å². The molecule has 2 unspecified atom stereocenters. The quantitative estimate of drug-likeness (QED) is 0.753. The van der Waals surface area contributed by atoms with Gasteiger partial charge in [0.1, 0.15) is 0 Å². The van der Waals surface area contributed by atoms with Gasteiger partial charge in [-0.2, -0.15) is 0 Å². The molecule has 1 N–H and O–H groups in total. The molecule has 2 saturated heterocycles. The smallest absolute Gasteiger partial charge is 0.223 e. The zero-order chi connectivity index (χ0) is 11.0. The Kier molecular flexibility index (Phi) is 2.86. The summed E-state index contributed by atoms with van der Waals surface area (Å²) >= 11 is 0. The molecule has 0 radical (unpaired) electrons. The molecular weight excluding hydrogens is 204 g/mol. The van der Waals surface area contributed by atoms with Crippen LogP contribution in [0.25, 0.3) is 0 Å². The Morgan fingerprint density at radius 2 is 2.25 bits per heavy atom. The SMILES string of the molecule is O=C(NCC1CN2CCCC2CO1)C1CC1. The molecule has 0 aromatic carbocycles. The molecule has 16 heavy (non-hydrogen) atoms. The molecule has 2 atom stereocenters. The van der Waals surface area contributed by atoms with Crippen molar-refractivity contribution in [1.29, 1.82) is 0 Å². The summed E-state index contributed by atoms with van der Waals surface area (Å²) in [6.07, 6.45) is 4.94. The number of morpholine rings is 1. The zero-order valence-electron chi connectivity index (χ0n) is 9.65. The Hall–Kier alpha value is -0.610. The topological polar surface area (TPSA) is 41.6 Å². The highest BCUT2D eigenvalue weighted by atomic mass is 16.5. The third kappa shape index (κ3) is 2.23. The van der Waals surface area contributed by atoms with Gasteiger partial charge in [0, 0.05) is 25.0 Å². The van der Waals surface area contributed by atoms with Crippen molar-refractivity contribution in [1.82, 2.24) is 10.2 Å². The van der Waals surface area contributed by atoms with Crippen molar-refractivity contribution < 1.29 is 9.53 Å². The summed E-state index contributed by atoms with van der Waals surface area (Å²) in [7, 11) is 0. The first-order chi connectivity index (χ1) is 7.83. The van der Waals surface area contributed by atoms with Gasteiger partial charge >= 0.3 is 0 Å². The van der Waals surface area contributed by atoms with Crippen LogP contribution in [0.2, 0.25) is 0 Å². The van der Waals surface area contributed by atoms with Gasteiger partial charge in [0.05, 0.1) is 12.7 Å². The van der Waals surface area contributed by atoms with Crippen LogP contribution in [-0.2, 0) is 9.53 Å². The van der Waals surface area contributed by atoms with Crippen molar-refractivity contribution >= 4 is 5.91 Å². The average molecular weight is 224 g/mol. The lowest BCUT2D eigenvalue weighted by Crippen LogP contribution is -2.50. The standard InChI is InChI=1S/C12H20N2O2/c15-12(9-3-4-9)13-6-11-7-14-5-1-2-10(14)8-16-11/h9-11H,1-8H2,(H,13,15). The lowest BCUT2D eigenvalue weighted by molar-refractivity contribution is -0.123. The van der Waals surface area contributed by atoms with Crippen LogP contribution in [0.3, 0.4) is 0 Å². The lowest BCUT2D eigenvalue weighted by atomic mass is 10.2. The van der Waals surface area contributed by atoms with Crippen molar-refractivity contribution in [2.45, 2.75) is 37.8 Å². The van der Waals surface area contributed by atoms with Gasteiger partial charge in [-0.05, 0) is 32.2 Å². The fourth-order valence-corrected chi connectivity index (χ4v) is 2.71. The molecular formula is C12H20N2O2. The molecule has 0 aromatic heterocycles. The van der Waals surface area contributed by atoms with E-state index in [1.165, 1.54) is 19.4 Å². The largest absolute Gasteiger partial charge is 0.373 e. The molecule has 1 amide bonds. The van der Waals surface area contributed by atoms with E-state index >= 15 is 0 Å². The van der Waals surface area contributed by atoms with Crippen LogP contribution >= 0.6 is 0 Å². The molecule has 1 aliphatic carbocycles. The summed E-state index contributed by atoms with van der Waals surface area (Å²) in [5.74, 6) is 0.537. The Labute approximate surface area is 96.3 Å². The van der Waals surface area contributed by atoms with Gasteiger partial charge in [-0.3, -0.25) is 9.69 Å². The van der Waals surface area contributed by atoms with Crippen molar-refractivity contribution in [3.8, 4) is 0 Å². The third-order valence-electron chi connectivity index (χ3n) is 3.91. The molecule has 2 heterocycles. The van der Waals surface area contributed by atoms with E-state index in [2.05, 4.69) is 10.2 Å². The monoisotopic (exact) mass is 224 g/mol. The normalized spacial score (nSPS) is 34.8. The third-order valence-corrected chi connectivity index (χ3v) is 3.91. The summed E-state index contributed by atoms with van der Waals surface area (Å²) in [5.41, 5.74) is 0. The first-order valence-electron chi connectivity index (χ1n) is 6.46. The van der Waals surface area contributed by atoms with Crippen LogP contribution in [0.1, 0.15) is 25.7 Å². The number of fused-ring (bicyclic) bond motifs is 1. The number of hydrogen-bond donors (Lipinski definition) is 1. The fourth-order valence-electron chi connectivity index (χ4n) is 2.71. The molecule has 90 valence electrons. The van der Waals surface area contributed by atoms with Crippen LogP contribution in [0.4, 0.5) is 0 Å². The number of hydrogen-bond acceptors (Lipinski definition) is 3. The minimum atomic E-state index is 0.206. The second kappa shape index (κ2) is 4.34. The van der Waals surface area contributed by atoms with E-state index in [-0.39, 0.29) is 12.0 Å². The molecule has 4 nitrogen and oxygen atoms in total. The van der Waals surface area contributed by atoms with Crippen LogP contribution in [0.15, 0.2) is 0 Å². The van der Waals surface area contributed by atoms with Crippen molar-refractivity contribution in [2.24, 2.45) is 5.92 Å². The number of nitrogens with one attached hydrogen (secondary N) is 1. The highest BCUT2D eigenvalue weighted by Crippen LogP contribution is 2.28. The number of amides is 1. The molecule has 2 aliphatic heterocycles. The van der Waals surface area contributed by atoms with E-state index in [1.807, 2.05) is 0 Å². The van der Waals surface area contributed by atoms with Crippen LogP contribution in [-0.4, -0.2) is 49.2 Å². The van der Waals surface area contributed by atoms with Crippen LogP contribution < -0.4 is 5.32 Å². The Balaban J connectivity index is 1.43. The minimum Gasteiger partial charge on any atom is -0.373 e. The number of ether oxygens (including phenoxy) is 1. The van der Waals surface area contributed by atoms with Gasteiger partial charge in [-0.25, -0.2) is 0 Å². The summed E-state index contributed by atoms with van der Waals surface area (Å²) in [4.78, 5) is 14.0. The van der Waals surface area contributed by atoms with E-state index in [1.54, 1.807) is 0 Å². The summed E-state index contributed by atoms with van der Waals surface area (Å²) in [5, 5.41) is 3.00. The highest BCUT2D eigenvalue weighted by molar-refractivity contribution is 5.80. The second-order valence-corrected chi connectivity index (χ2v) is 5.27. The van der Waals surface area contributed by atoms with Gasteiger partial charge in [-0.15, -0.1) is 0 Å². The molecule has 0 bridgehead atoms. The molecule has 3 aliphatic rings. The predicted molar refractivity (Wildman–Crippen MR) is 60.1 cm³/mol. The maximum Gasteiger partial charge on any atom is 0.223 e. The number of nitrogens with zero attached hydrogens (tertiary/aromatic N) is 1. The van der Waals surface area contributed by atoms with E-state index in [0.29, 0.717) is 18.5 Å². The van der Waals surface area contributed by atoms with E-state index in [0.717, 1.165) is 26.0 Å². The Morgan fingerprint density at radius 3 is 3.06 bits per heavy atom. The molecule has 3 rings (SSSR count). The van der Waals surface area contributed by atoms with E-state index in [4.69, 9.17) is 4.74 Å². The number of carbonyl (C=O) groups is 1. The van der Waals surface area contributed by atoms with Crippen molar-refractivity contribution in [2.75, 3.05) is 26.2 Å². The predicted octanol–water partition coefficient (Wildman–Crippen LogP) is 0.376. The fraction of sp³-hybridized carbons (Fsp3) is 0.917. The Bertz CT molecular complexity index is 278. The van der Waals surface area contributed by atoms with Crippen molar-refractivity contribution in [3.63, 3.8) is 0 Å². The molecule has 4 heteroatoms. The summed E-state index contributed by atoms with van der Waals surface area (Å²) < 4.78 is 5.79. The second-order valence-electron chi connectivity index (χ2n) is 5.27. The summed E-state index contributed by atoms with van der Waals surface area (Å²) in [6, 6.07) is 0.649. The minimum absolute atomic E-state index is 0.206. The highest BCUT2D eigenvalue weighted by Gasteiger charge is 2.33. The van der Waals surface area contributed by atoms with Gasteiger partial charge < -0.3 is 10.1 Å². The maximum absolute atomic E-state index is 11.5. The number of rotatable bonds is 3. The lowest BCUT2D eigenvalue weighted by Gasteiger charge is -2.35. The van der Waals surface area contributed by atoms with Gasteiger partial charge in [-0.1, -0.05) is 0 Å². The number of carbonyl (C=O) groups excluding carboxylic acids is 1. The van der Waals surface area contributed by atoms with Crippen LogP contribution in [0.5, 0.6) is 0 Å². The molecule has 1 saturated carbocycles. The average Bonchev–Trinajstić information content (AvgIpc) is 3.04. The Morgan fingerprint density at radius 1 is 1.38 bits per heavy atom. The molecule has 0 spiro atoms. The first-order valence-corrected chi connectivity index (χ1v) is 6.46. The van der Waals surface area contributed by atoms with E-state index < -0.39 is 0 Å². The maximum atomic E-state index is 11.5.